The molecule has 0 radical (unpaired) electrons. The standard InChI is InChI=1S/C18H20N8O/c19-8-11-6-15(21-9-13(11)20)25-17-12-7-14(24-16(12)22-10-23-17)18(27)26-4-2-1-3-5-26/h6-10,19H,1-5,20H2,(H2,21,22,23,24,25). The number of aromatic amines is 1. The van der Waals surface area contributed by atoms with Gasteiger partial charge in [0.2, 0.25) is 0 Å². The summed E-state index contributed by atoms with van der Waals surface area (Å²) < 4.78 is 0. The van der Waals surface area contributed by atoms with E-state index in [-0.39, 0.29) is 5.91 Å². The molecule has 0 bridgehead atoms. The molecule has 0 atom stereocenters. The topological polar surface area (TPSA) is 137 Å². The summed E-state index contributed by atoms with van der Waals surface area (Å²) in [5.41, 5.74) is 7.85. The second-order valence-corrected chi connectivity index (χ2v) is 6.49. The summed E-state index contributed by atoms with van der Waals surface area (Å²) in [5.74, 6) is 1.02. The number of rotatable bonds is 4. The first-order valence-electron chi connectivity index (χ1n) is 8.82. The van der Waals surface area contributed by atoms with E-state index in [0.717, 1.165) is 25.9 Å². The van der Waals surface area contributed by atoms with Gasteiger partial charge < -0.3 is 26.3 Å². The molecule has 1 aliphatic rings. The fourth-order valence-electron chi connectivity index (χ4n) is 3.22. The van der Waals surface area contributed by atoms with Crippen LogP contribution in [0, 0.1) is 5.41 Å². The van der Waals surface area contributed by atoms with Gasteiger partial charge in [-0.3, -0.25) is 4.79 Å². The van der Waals surface area contributed by atoms with Crippen LogP contribution in [-0.2, 0) is 0 Å². The van der Waals surface area contributed by atoms with Crippen molar-refractivity contribution in [3.05, 3.63) is 35.9 Å². The minimum Gasteiger partial charge on any atom is -0.397 e. The van der Waals surface area contributed by atoms with Crippen molar-refractivity contribution >= 4 is 40.5 Å². The smallest absolute Gasteiger partial charge is 0.270 e. The Morgan fingerprint density at radius 3 is 2.81 bits per heavy atom. The number of H-pyrrole nitrogens is 1. The minimum absolute atomic E-state index is 0.0182. The number of nitrogens with two attached hydrogens (primary N) is 1. The van der Waals surface area contributed by atoms with Crippen molar-refractivity contribution in [1.29, 1.82) is 5.41 Å². The highest BCUT2D eigenvalue weighted by Gasteiger charge is 2.21. The van der Waals surface area contributed by atoms with Gasteiger partial charge in [0.25, 0.3) is 5.91 Å². The van der Waals surface area contributed by atoms with Crippen LogP contribution in [0.4, 0.5) is 17.3 Å². The van der Waals surface area contributed by atoms with E-state index in [4.69, 9.17) is 11.1 Å². The predicted molar refractivity (Wildman–Crippen MR) is 103 cm³/mol. The van der Waals surface area contributed by atoms with Crippen LogP contribution in [0.1, 0.15) is 35.3 Å². The highest BCUT2D eigenvalue weighted by atomic mass is 16.2. The van der Waals surface area contributed by atoms with Gasteiger partial charge in [0.15, 0.2) is 0 Å². The number of hydrogen-bond acceptors (Lipinski definition) is 7. The molecule has 4 heterocycles. The van der Waals surface area contributed by atoms with Crippen molar-refractivity contribution in [2.45, 2.75) is 19.3 Å². The summed E-state index contributed by atoms with van der Waals surface area (Å²) in [6, 6.07) is 3.44. The third-order valence-electron chi connectivity index (χ3n) is 4.67. The molecule has 0 aromatic carbocycles. The molecular weight excluding hydrogens is 344 g/mol. The Morgan fingerprint density at radius 1 is 1.22 bits per heavy atom. The Morgan fingerprint density at radius 2 is 2.04 bits per heavy atom. The van der Waals surface area contributed by atoms with E-state index >= 15 is 0 Å². The van der Waals surface area contributed by atoms with Gasteiger partial charge in [-0.25, -0.2) is 15.0 Å². The first kappa shape index (κ1) is 17.0. The van der Waals surface area contributed by atoms with E-state index in [1.807, 2.05) is 4.90 Å². The van der Waals surface area contributed by atoms with Gasteiger partial charge in [-0.15, -0.1) is 0 Å². The van der Waals surface area contributed by atoms with Crippen LogP contribution in [0.2, 0.25) is 0 Å². The molecule has 0 spiro atoms. The fourth-order valence-corrected chi connectivity index (χ4v) is 3.22. The van der Waals surface area contributed by atoms with E-state index in [1.165, 1.54) is 25.2 Å². The number of hydrogen-bond donors (Lipinski definition) is 4. The maximum Gasteiger partial charge on any atom is 0.270 e. The van der Waals surface area contributed by atoms with Gasteiger partial charge in [0.05, 0.1) is 17.3 Å². The van der Waals surface area contributed by atoms with Crippen LogP contribution in [0.5, 0.6) is 0 Å². The van der Waals surface area contributed by atoms with Crippen molar-refractivity contribution in [3.63, 3.8) is 0 Å². The number of likely N-dealkylation sites (tertiary alicyclic amines) is 1. The SMILES string of the molecule is N=Cc1cc(Nc2ncnc3[nH]c(C(=O)N4CCCCC4)cc23)ncc1N. The molecule has 9 heteroatoms. The average Bonchev–Trinajstić information content (AvgIpc) is 3.15. The number of fused-ring (bicyclic) bond motifs is 1. The molecule has 27 heavy (non-hydrogen) atoms. The lowest BCUT2D eigenvalue weighted by atomic mass is 10.1. The van der Waals surface area contributed by atoms with Crippen LogP contribution >= 0.6 is 0 Å². The molecule has 4 rings (SSSR count). The van der Waals surface area contributed by atoms with E-state index in [2.05, 4.69) is 25.3 Å². The fraction of sp³-hybridized carbons (Fsp3) is 0.278. The number of nitrogens with zero attached hydrogens (tertiary/aromatic N) is 4. The second kappa shape index (κ2) is 7.02. The number of nitrogen functional groups attached to an aromatic ring is 1. The number of carbonyl (C=O) groups excluding carboxylic acids is 1. The lowest BCUT2D eigenvalue weighted by Gasteiger charge is -2.26. The van der Waals surface area contributed by atoms with E-state index < -0.39 is 0 Å². The van der Waals surface area contributed by atoms with Gasteiger partial charge >= 0.3 is 0 Å². The van der Waals surface area contributed by atoms with Crippen LogP contribution < -0.4 is 11.1 Å². The van der Waals surface area contributed by atoms with Crippen molar-refractivity contribution in [2.75, 3.05) is 24.1 Å². The first-order valence-corrected chi connectivity index (χ1v) is 8.82. The summed E-state index contributed by atoms with van der Waals surface area (Å²) in [5, 5.41) is 11.2. The molecule has 0 unspecified atom stereocenters. The normalized spacial score (nSPS) is 14.3. The second-order valence-electron chi connectivity index (χ2n) is 6.49. The number of pyridine rings is 1. The molecule has 3 aromatic heterocycles. The molecule has 0 saturated carbocycles. The lowest BCUT2D eigenvalue weighted by molar-refractivity contribution is 0.0719. The number of amides is 1. The Balaban J connectivity index is 1.65. The molecule has 1 saturated heterocycles. The molecule has 1 fully saturated rings. The maximum absolute atomic E-state index is 12.7. The van der Waals surface area contributed by atoms with Crippen molar-refractivity contribution < 1.29 is 4.79 Å². The molecule has 5 N–H and O–H groups in total. The number of piperidine rings is 1. The highest BCUT2D eigenvalue weighted by molar-refractivity contribution is 6.00. The Bertz CT molecular complexity index is 1010. The predicted octanol–water partition coefficient (Wildman–Crippen LogP) is 2.30. The molecule has 1 aliphatic heterocycles. The quantitative estimate of drug-likeness (QED) is 0.524. The van der Waals surface area contributed by atoms with Crippen molar-refractivity contribution in [1.82, 2.24) is 24.8 Å². The molecule has 1 amide bonds. The maximum atomic E-state index is 12.7. The summed E-state index contributed by atoms with van der Waals surface area (Å²) in [7, 11) is 0. The van der Waals surface area contributed by atoms with Crippen molar-refractivity contribution in [2.24, 2.45) is 0 Å². The van der Waals surface area contributed by atoms with Crippen LogP contribution in [0.3, 0.4) is 0 Å². The summed E-state index contributed by atoms with van der Waals surface area (Å²) in [6.45, 7) is 1.57. The van der Waals surface area contributed by atoms with E-state index in [9.17, 15) is 4.79 Å². The first-order chi connectivity index (χ1) is 13.2. The van der Waals surface area contributed by atoms with Crippen LogP contribution in [0.25, 0.3) is 11.0 Å². The Kier molecular flexibility index (Phi) is 4.41. The van der Waals surface area contributed by atoms with E-state index in [0.29, 0.717) is 39.6 Å². The van der Waals surface area contributed by atoms with Gasteiger partial charge in [-0.2, -0.15) is 0 Å². The van der Waals surface area contributed by atoms with Gasteiger partial charge in [0, 0.05) is 24.9 Å². The third kappa shape index (κ3) is 3.31. The van der Waals surface area contributed by atoms with Gasteiger partial charge in [-0.05, 0) is 31.4 Å². The van der Waals surface area contributed by atoms with Crippen LogP contribution in [-0.4, -0.2) is 50.0 Å². The average molecular weight is 364 g/mol. The molecule has 3 aromatic rings. The number of carbonyl (C=O) groups is 1. The number of anilines is 3. The number of aromatic nitrogens is 4. The van der Waals surface area contributed by atoms with Gasteiger partial charge in [-0.1, -0.05) is 0 Å². The zero-order valence-electron chi connectivity index (χ0n) is 14.7. The number of nitrogens with one attached hydrogen (secondary N) is 3. The highest BCUT2D eigenvalue weighted by Crippen LogP contribution is 2.25. The summed E-state index contributed by atoms with van der Waals surface area (Å²) in [4.78, 5) is 30.4. The van der Waals surface area contributed by atoms with E-state index in [1.54, 1.807) is 12.1 Å². The lowest BCUT2D eigenvalue weighted by Crippen LogP contribution is -2.35. The van der Waals surface area contributed by atoms with Crippen molar-refractivity contribution in [3.8, 4) is 0 Å². The monoisotopic (exact) mass is 364 g/mol. The third-order valence-corrected chi connectivity index (χ3v) is 4.67. The summed E-state index contributed by atoms with van der Waals surface area (Å²) in [6.07, 6.45) is 7.33. The van der Waals surface area contributed by atoms with Crippen LogP contribution in [0.15, 0.2) is 24.7 Å². The summed E-state index contributed by atoms with van der Waals surface area (Å²) >= 11 is 0. The zero-order valence-corrected chi connectivity index (χ0v) is 14.7. The Labute approximate surface area is 155 Å². The molecule has 138 valence electrons. The molecule has 0 aliphatic carbocycles. The minimum atomic E-state index is -0.0182. The largest absolute Gasteiger partial charge is 0.397 e. The molecule has 9 nitrogen and oxygen atoms in total. The Hall–Kier alpha value is -3.49. The molecular formula is C18H20N8O. The van der Waals surface area contributed by atoms with Gasteiger partial charge in [0.1, 0.15) is 29.3 Å². The zero-order chi connectivity index (χ0) is 18.8.